The largest absolute Gasteiger partial charge is 0.304 e. The van der Waals surface area contributed by atoms with Gasteiger partial charge in [-0.15, -0.1) is 6.42 Å². The van der Waals surface area contributed by atoms with Gasteiger partial charge in [-0.05, 0) is 30.3 Å². The van der Waals surface area contributed by atoms with Gasteiger partial charge in [0.25, 0.3) is 5.69 Å². The van der Waals surface area contributed by atoms with Crippen molar-refractivity contribution in [2.24, 2.45) is 4.99 Å². The highest BCUT2D eigenvalue weighted by molar-refractivity contribution is 7.91. The molecular weight excluding hydrogens is 450 g/mol. The van der Waals surface area contributed by atoms with Gasteiger partial charge in [-0.3, -0.25) is 14.9 Å². The first-order valence-electron chi connectivity index (χ1n) is 8.48. The van der Waals surface area contributed by atoms with Crippen molar-refractivity contribution in [3.63, 3.8) is 0 Å². The van der Waals surface area contributed by atoms with Gasteiger partial charge in [-0.2, -0.15) is 4.99 Å². The molecule has 0 aliphatic rings. The number of nitrogens with zero attached hydrogens (tertiary/aromatic N) is 3. The Kier molecular flexibility index (Phi) is 6.36. The highest BCUT2D eigenvalue weighted by Crippen LogP contribution is 2.23. The first-order chi connectivity index (χ1) is 14.2. The SMILES string of the molecule is C#CCn1c(=NC(=O)CCS(=O)(=O)c2ccc(Cl)cc2)sc2ccc([N+](=O)[O-])cc21. The van der Waals surface area contributed by atoms with E-state index in [1.165, 1.54) is 41.0 Å². The van der Waals surface area contributed by atoms with E-state index in [4.69, 9.17) is 18.0 Å². The Hall–Kier alpha value is -3.00. The molecule has 1 aromatic heterocycles. The zero-order valence-corrected chi connectivity index (χ0v) is 17.7. The molecule has 154 valence electrons. The van der Waals surface area contributed by atoms with Crippen LogP contribution >= 0.6 is 22.9 Å². The summed E-state index contributed by atoms with van der Waals surface area (Å²) in [5, 5.41) is 11.4. The van der Waals surface area contributed by atoms with Crippen molar-refractivity contribution >= 4 is 54.6 Å². The van der Waals surface area contributed by atoms with E-state index in [-0.39, 0.29) is 28.3 Å². The molecule has 0 radical (unpaired) electrons. The number of non-ortho nitro benzene ring substituents is 1. The average Bonchev–Trinajstić information content (AvgIpc) is 3.03. The van der Waals surface area contributed by atoms with Gasteiger partial charge in [0.2, 0.25) is 5.91 Å². The molecule has 1 heterocycles. The number of nitro benzene ring substituents is 1. The molecule has 0 saturated carbocycles. The summed E-state index contributed by atoms with van der Waals surface area (Å²) in [6.07, 6.45) is 5.06. The third kappa shape index (κ3) is 4.76. The van der Waals surface area contributed by atoms with Gasteiger partial charge in [0, 0.05) is 23.6 Å². The number of fused-ring (bicyclic) bond motifs is 1. The van der Waals surface area contributed by atoms with Crippen LogP contribution in [0.4, 0.5) is 5.69 Å². The lowest BCUT2D eigenvalue weighted by molar-refractivity contribution is -0.384. The van der Waals surface area contributed by atoms with E-state index in [1.54, 1.807) is 6.07 Å². The molecule has 2 aromatic carbocycles. The summed E-state index contributed by atoms with van der Waals surface area (Å²) in [6, 6.07) is 9.93. The van der Waals surface area contributed by atoms with Crippen LogP contribution in [0.3, 0.4) is 0 Å². The molecule has 0 saturated heterocycles. The summed E-state index contributed by atoms with van der Waals surface area (Å²) in [5.74, 6) is 1.37. The second-order valence-electron chi connectivity index (χ2n) is 6.11. The Morgan fingerprint density at radius 1 is 1.27 bits per heavy atom. The van der Waals surface area contributed by atoms with Gasteiger partial charge in [-0.25, -0.2) is 8.42 Å². The second-order valence-corrected chi connectivity index (χ2v) is 9.67. The number of carbonyl (C=O) groups excluding carboxylic acids is 1. The Bertz CT molecular complexity index is 1350. The van der Waals surface area contributed by atoms with E-state index in [2.05, 4.69) is 10.9 Å². The molecule has 3 rings (SSSR count). The molecule has 0 aliphatic heterocycles. The maximum absolute atomic E-state index is 12.4. The predicted octanol–water partition coefficient (Wildman–Crippen LogP) is 3.19. The second kappa shape index (κ2) is 8.79. The fourth-order valence-corrected chi connectivity index (χ4v) is 5.03. The zero-order chi connectivity index (χ0) is 21.9. The molecule has 0 spiro atoms. The van der Waals surface area contributed by atoms with Crippen LogP contribution in [0.2, 0.25) is 5.02 Å². The minimum absolute atomic E-state index is 0.0519. The number of sulfone groups is 1. The third-order valence-electron chi connectivity index (χ3n) is 4.10. The number of hydrogen-bond acceptors (Lipinski definition) is 6. The van der Waals surface area contributed by atoms with E-state index in [0.29, 0.717) is 15.2 Å². The number of amides is 1. The summed E-state index contributed by atoms with van der Waals surface area (Å²) in [7, 11) is -3.67. The van der Waals surface area contributed by atoms with Crippen molar-refractivity contribution in [1.82, 2.24) is 4.57 Å². The van der Waals surface area contributed by atoms with Crippen molar-refractivity contribution in [1.29, 1.82) is 0 Å². The minimum Gasteiger partial charge on any atom is -0.304 e. The molecule has 0 aliphatic carbocycles. The molecule has 0 fully saturated rings. The quantitative estimate of drug-likeness (QED) is 0.316. The number of rotatable bonds is 6. The van der Waals surface area contributed by atoms with Crippen molar-refractivity contribution in [3.8, 4) is 12.3 Å². The van der Waals surface area contributed by atoms with Gasteiger partial charge in [0.05, 0.1) is 32.3 Å². The smallest absolute Gasteiger partial charge is 0.271 e. The Morgan fingerprint density at radius 3 is 2.60 bits per heavy atom. The highest BCUT2D eigenvalue weighted by atomic mass is 35.5. The first kappa shape index (κ1) is 21.7. The van der Waals surface area contributed by atoms with E-state index >= 15 is 0 Å². The summed E-state index contributed by atoms with van der Waals surface area (Å²) in [5.41, 5.74) is 0.366. The van der Waals surface area contributed by atoms with Gasteiger partial charge < -0.3 is 4.57 Å². The van der Waals surface area contributed by atoms with E-state index in [1.807, 2.05) is 0 Å². The lowest BCUT2D eigenvalue weighted by Crippen LogP contribution is -2.18. The van der Waals surface area contributed by atoms with Gasteiger partial charge in [-0.1, -0.05) is 28.9 Å². The maximum Gasteiger partial charge on any atom is 0.271 e. The molecule has 1 amide bonds. The predicted molar refractivity (Wildman–Crippen MR) is 114 cm³/mol. The molecule has 0 atom stereocenters. The average molecular weight is 464 g/mol. The third-order valence-corrected chi connectivity index (χ3v) is 7.15. The molecule has 11 heteroatoms. The zero-order valence-electron chi connectivity index (χ0n) is 15.3. The van der Waals surface area contributed by atoms with Crippen LogP contribution in [0.1, 0.15) is 6.42 Å². The number of hydrogen-bond donors (Lipinski definition) is 0. The molecule has 3 aromatic rings. The van der Waals surface area contributed by atoms with Crippen LogP contribution in [0.25, 0.3) is 10.2 Å². The Labute approximate surface area is 180 Å². The lowest BCUT2D eigenvalue weighted by Gasteiger charge is -2.03. The van der Waals surface area contributed by atoms with Crippen LogP contribution in [-0.2, 0) is 21.2 Å². The fourth-order valence-electron chi connectivity index (χ4n) is 2.64. The number of benzene rings is 2. The van der Waals surface area contributed by atoms with Crippen LogP contribution < -0.4 is 4.80 Å². The van der Waals surface area contributed by atoms with Crippen LogP contribution in [-0.4, -0.2) is 29.6 Å². The molecule has 8 nitrogen and oxygen atoms in total. The van der Waals surface area contributed by atoms with E-state index < -0.39 is 26.4 Å². The van der Waals surface area contributed by atoms with E-state index in [0.717, 1.165) is 11.3 Å². The van der Waals surface area contributed by atoms with E-state index in [9.17, 15) is 23.3 Å². The number of thiazole rings is 1. The van der Waals surface area contributed by atoms with Crippen LogP contribution in [0.15, 0.2) is 52.4 Å². The van der Waals surface area contributed by atoms with Crippen LogP contribution in [0.5, 0.6) is 0 Å². The van der Waals surface area contributed by atoms with Crippen LogP contribution in [0, 0.1) is 22.5 Å². The summed E-state index contributed by atoms with van der Waals surface area (Å²) >= 11 is 6.90. The summed E-state index contributed by atoms with van der Waals surface area (Å²) < 4.78 is 26.9. The number of halogens is 1. The first-order valence-corrected chi connectivity index (χ1v) is 11.3. The monoisotopic (exact) mass is 463 g/mol. The fraction of sp³-hybridized carbons (Fsp3) is 0.158. The van der Waals surface area contributed by atoms with Gasteiger partial charge >= 0.3 is 0 Å². The number of carbonyl (C=O) groups is 1. The van der Waals surface area contributed by atoms with Crippen molar-refractivity contribution in [3.05, 3.63) is 62.4 Å². The molecule has 0 unspecified atom stereocenters. The highest BCUT2D eigenvalue weighted by Gasteiger charge is 2.17. The maximum atomic E-state index is 12.4. The molecule has 0 N–H and O–H groups in total. The Balaban J connectivity index is 1.89. The van der Waals surface area contributed by atoms with Gasteiger partial charge in [0.1, 0.15) is 0 Å². The number of nitro groups is 1. The minimum atomic E-state index is -3.67. The number of aromatic nitrogens is 1. The van der Waals surface area contributed by atoms with Crippen molar-refractivity contribution < 1.29 is 18.1 Å². The Morgan fingerprint density at radius 2 is 1.97 bits per heavy atom. The molecule has 30 heavy (non-hydrogen) atoms. The normalized spacial score (nSPS) is 12.1. The standard InChI is InChI=1S/C19H14ClN3O5S2/c1-2-10-22-16-12-14(23(25)26)5-8-17(16)29-19(22)21-18(24)9-11-30(27,28)15-6-3-13(20)4-7-15/h1,3-8,12H,9-11H2. The molecular formula is C19H14ClN3O5S2. The van der Waals surface area contributed by atoms with Crippen molar-refractivity contribution in [2.75, 3.05) is 5.75 Å². The van der Waals surface area contributed by atoms with Gasteiger partial charge in [0.15, 0.2) is 14.6 Å². The summed E-state index contributed by atoms with van der Waals surface area (Å²) in [6.45, 7) is 0.0519. The topological polar surface area (TPSA) is 112 Å². The molecule has 0 bridgehead atoms. The summed E-state index contributed by atoms with van der Waals surface area (Å²) in [4.78, 5) is 27.1. The van der Waals surface area contributed by atoms with Crippen molar-refractivity contribution in [2.45, 2.75) is 17.9 Å². The number of terminal acetylenes is 1. The lowest BCUT2D eigenvalue weighted by atomic mass is 10.3.